The molecular formula is C10H7IN2OS. The molecule has 0 bridgehead atoms. The van der Waals surface area contributed by atoms with E-state index in [1.165, 1.54) is 11.3 Å². The molecule has 1 aromatic carbocycles. The lowest BCUT2D eigenvalue weighted by molar-refractivity contribution is 0.102. The van der Waals surface area contributed by atoms with Gasteiger partial charge in [-0.1, -0.05) is 12.1 Å². The van der Waals surface area contributed by atoms with Gasteiger partial charge in [0, 0.05) is 15.1 Å². The summed E-state index contributed by atoms with van der Waals surface area (Å²) < 4.78 is 0.934. The zero-order valence-electron chi connectivity index (χ0n) is 7.61. The number of hydrogen-bond donors (Lipinski definition) is 1. The minimum Gasteiger partial charge on any atom is -0.298 e. The highest BCUT2D eigenvalue weighted by molar-refractivity contribution is 14.1. The van der Waals surface area contributed by atoms with Crippen molar-refractivity contribution >= 4 is 45.0 Å². The molecule has 1 heterocycles. The van der Waals surface area contributed by atoms with E-state index in [1.54, 1.807) is 12.3 Å². The zero-order valence-corrected chi connectivity index (χ0v) is 10.6. The first kappa shape index (κ1) is 10.6. The van der Waals surface area contributed by atoms with Gasteiger partial charge in [0.05, 0.1) is 5.56 Å². The van der Waals surface area contributed by atoms with Crippen LogP contribution in [0.5, 0.6) is 0 Å². The second-order valence-electron chi connectivity index (χ2n) is 2.77. The second-order valence-corrected chi connectivity index (χ2v) is 4.83. The number of nitrogens with zero attached hydrogens (tertiary/aromatic N) is 1. The SMILES string of the molecule is O=C(Nc1nccs1)c1ccccc1I. The van der Waals surface area contributed by atoms with E-state index < -0.39 is 0 Å². The number of carbonyl (C=O) groups is 1. The van der Waals surface area contributed by atoms with Crippen molar-refractivity contribution in [3.8, 4) is 0 Å². The third-order valence-corrected chi connectivity index (χ3v) is 3.40. The lowest BCUT2D eigenvalue weighted by Gasteiger charge is -2.03. The fourth-order valence-electron chi connectivity index (χ4n) is 1.09. The molecule has 3 nitrogen and oxygen atoms in total. The average molecular weight is 330 g/mol. The second kappa shape index (κ2) is 4.71. The van der Waals surface area contributed by atoms with Crippen molar-refractivity contribution in [3.05, 3.63) is 45.0 Å². The van der Waals surface area contributed by atoms with Crippen LogP contribution in [0.3, 0.4) is 0 Å². The highest BCUT2D eigenvalue weighted by Gasteiger charge is 2.09. The minimum absolute atomic E-state index is 0.116. The van der Waals surface area contributed by atoms with E-state index in [-0.39, 0.29) is 5.91 Å². The number of halogens is 1. The Balaban J connectivity index is 2.19. The average Bonchev–Trinajstić information content (AvgIpc) is 2.71. The maximum Gasteiger partial charge on any atom is 0.258 e. The van der Waals surface area contributed by atoms with Crippen molar-refractivity contribution in [1.29, 1.82) is 0 Å². The molecule has 1 aromatic heterocycles. The first-order chi connectivity index (χ1) is 7.27. The molecule has 76 valence electrons. The van der Waals surface area contributed by atoms with Crippen LogP contribution in [-0.4, -0.2) is 10.9 Å². The molecule has 0 fully saturated rings. The normalized spacial score (nSPS) is 9.93. The molecule has 0 atom stereocenters. The number of thiazole rings is 1. The molecule has 2 aromatic rings. The highest BCUT2D eigenvalue weighted by Crippen LogP contribution is 2.15. The van der Waals surface area contributed by atoms with Gasteiger partial charge in [-0.05, 0) is 34.7 Å². The van der Waals surface area contributed by atoms with E-state index in [4.69, 9.17) is 0 Å². The van der Waals surface area contributed by atoms with Crippen LogP contribution in [0.4, 0.5) is 5.13 Å². The number of benzene rings is 1. The molecule has 0 aliphatic rings. The smallest absolute Gasteiger partial charge is 0.258 e. The Kier molecular flexibility index (Phi) is 3.32. The van der Waals surface area contributed by atoms with Crippen molar-refractivity contribution in [3.63, 3.8) is 0 Å². The van der Waals surface area contributed by atoms with E-state index in [1.807, 2.05) is 23.6 Å². The van der Waals surface area contributed by atoms with Crippen LogP contribution < -0.4 is 5.32 Å². The van der Waals surface area contributed by atoms with Gasteiger partial charge < -0.3 is 0 Å². The summed E-state index contributed by atoms with van der Waals surface area (Å²) in [7, 11) is 0. The van der Waals surface area contributed by atoms with Gasteiger partial charge >= 0.3 is 0 Å². The molecule has 2 rings (SSSR count). The third kappa shape index (κ3) is 2.54. The molecule has 0 radical (unpaired) electrons. The largest absolute Gasteiger partial charge is 0.298 e. The fourth-order valence-corrected chi connectivity index (χ4v) is 2.25. The Morgan fingerprint density at radius 1 is 1.40 bits per heavy atom. The first-order valence-corrected chi connectivity index (χ1v) is 6.18. The number of rotatable bonds is 2. The van der Waals surface area contributed by atoms with Crippen molar-refractivity contribution in [2.45, 2.75) is 0 Å². The molecule has 0 aliphatic carbocycles. The van der Waals surface area contributed by atoms with Gasteiger partial charge in [-0.2, -0.15) is 0 Å². The third-order valence-electron chi connectivity index (χ3n) is 1.77. The Hall–Kier alpha value is -0.950. The van der Waals surface area contributed by atoms with Crippen LogP contribution in [0.25, 0.3) is 0 Å². The summed E-state index contributed by atoms with van der Waals surface area (Å²) in [6.07, 6.45) is 1.66. The van der Waals surface area contributed by atoms with Crippen molar-refractivity contribution in [1.82, 2.24) is 4.98 Å². The highest BCUT2D eigenvalue weighted by atomic mass is 127. The molecule has 5 heteroatoms. The predicted octanol–water partition coefficient (Wildman–Crippen LogP) is 3.00. The van der Waals surface area contributed by atoms with E-state index in [0.717, 1.165) is 3.57 Å². The van der Waals surface area contributed by atoms with Crippen LogP contribution in [-0.2, 0) is 0 Å². The molecule has 0 unspecified atom stereocenters. The van der Waals surface area contributed by atoms with Gasteiger partial charge in [-0.25, -0.2) is 4.98 Å². The fraction of sp³-hybridized carbons (Fsp3) is 0. The van der Waals surface area contributed by atoms with Crippen LogP contribution in [0.1, 0.15) is 10.4 Å². The van der Waals surface area contributed by atoms with E-state index in [9.17, 15) is 4.79 Å². The summed E-state index contributed by atoms with van der Waals surface area (Å²) in [5, 5.41) is 5.19. The molecule has 0 saturated heterocycles. The summed E-state index contributed by atoms with van der Waals surface area (Å²) in [5.74, 6) is -0.116. The first-order valence-electron chi connectivity index (χ1n) is 4.23. The Morgan fingerprint density at radius 3 is 2.87 bits per heavy atom. The van der Waals surface area contributed by atoms with E-state index in [0.29, 0.717) is 10.7 Å². The summed E-state index contributed by atoms with van der Waals surface area (Å²) in [5.41, 5.74) is 0.674. The molecular weight excluding hydrogens is 323 g/mol. The van der Waals surface area contributed by atoms with Gasteiger partial charge in [0.1, 0.15) is 0 Å². The van der Waals surface area contributed by atoms with Crippen molar-refractivity contribution < 1.29 is 4.79 Å². The Morgan fingerprint density at radius 2 is 2.20 bits per heavy atom. The number of anilines is 1. The molecule has 0 aliphatic heterocycles. The topological polar surface area (TPSA) is 42.0 Å². The lowest BCUT2D eigenvalue weighted by Crippen LogP contribution is -2.12. The standard InChI is InChI=1S/C10H7IN2OS/c11-8-4-2-1-3-7(8)9(14)13-10-12-5-6-15-10/h1-6H,(H,12,13,14). The summed E-state index contributed by atoms with van der Waals surface area (Å²) >= 11 is 3.55. The quantitative estimate of drug-likeness (QED) is 0.860. The number of carbonyl (C=O) groups excluding carboxylic acids is 1. The minimum atomic E-state index is -0.116. The molecule has 0 spiro atoms. The van der Waals surface area contributed by atoms with Crippen molar-refractivity contribution in [2.24, 2.45) is 0 Å². The molecule has 0 saturated carbocycles. The van der Waals surface area contributed by atoms with Crippen LogP contribution in [0.15, 0.2) is 35.8 Å². The van der Waals surface area contributed by atoms with Crippen LogP contribution in [0.2, 0.25) is 0 Å². The van der Waals surface area contributed by atoms with Crippen molar-refractivity contribution in [2.75, 3.05) is 5.32 Å². The molecule has 1 amide bonds. The summed E-state index contributed by atoms with van der Waals surface area (Å²) in [6.45, 7) is 0. The number of nitrogens with one attached hydrogen (secondary N) is 1. The maximum atomic E-state index is 11.8. The molecule has 1 N–H and O–H groups in total. The van der Waals surface area contributed by atoms with Gasteiger partial charge in [-0.3, -0.25) is 10.1 Å². The predicted molar refractivity (Wildman–Crippen MR) is 69.2 cm³/mol. The van der Waals surface area contributed by atoms with Gasteiger partial charge in [0.2, 0.25) is 0 Å². The Labute approximate surface area is 105 Å². The van der Waals surface area contributed by atoms with E-state index >= 15 is 0 Å². The molecule has 15 heavy (non-hydrogen) atoms. The Bertz CT molecular complexity index is 470. The van der Waals surface area contributed by atoms with Gasteiger partial charge in [0.25, 0.3) is 5.91 Å². The number of amides is 1. The summed E-state index contributed by atoms with van der Waals surface area (Å²) in [6, 6.07) is 7.45. The maximum absolute atomic E-state index is 11.8. The lowest BCUT2D eigenvalue weighted by atomic mass is 10.2. The van der Waals surface area contributed by atoms with Crippen LogP contribution >= 0.6 is 33.9 Å². The number of aromatic nitrogens is 1. The summed E-state index contributed by atoms with van der Waals surface area (Å²) in [4.78, 5) is 15.8. The monoisotopic (exact) mass is 330 g/mol. The number of hydrogen-bond acceptors (Lipinski definition) is 3. The van der Waals surface area contributed by atoms with Gasteiger partial charge in [-0.15, -0.1) is 11.3 Å². The van der Waals surface area contributed by atoms with E-state index in [2.05, 4.69) is 32.9 Å². The zero-order chi connectivity index (χ0) is 10.7. The van der Waals surface area contributed by atoms with Gasteiger partial charge in [0.15, 0.2) is 5.13 Å². The van der Waals surface area contributed by atoms with Crippen LogP contribution in [0, 0.1) is 3.57 Å².